The standard InChI is InChI=1S/C23H33N5O2/c1-8-10-18(27-22(29)30-23(4,5)6)19-13-17(11-12-24-19)21-20(15-26-28(21)7)25-14-16(3)9-2/h8-9,11-13,15-16,18,25H,1-2,10,14H2,3-7H3,(H,27,29)/t16-,18+/m1/s1/i7D3. The normalized spacial score (nSPS) is 15.1. The Balaban J connectivity index is 2.45. The quantitative estimate of drug-likeness (QED) is 0.573. The summed E-state index contributed by atoms with van der Waals surface area (Å²) in [6.45, 7) is 13.0. The lowest BCUT2D eigenvalue weighted by Crippen LogP contribution is -2.35. The first-order valence-electron chi connectivity index (χ1n) is 11.4. The third-order valence-electron chi connectivity index (χ3n) is 4.29. The Bertz CT molecular complexity index is 979. The van der Waals surface area contributed by atoms with Crippen LogP contribution < -0.4 is 10.6 Å². The summed E-state index contributed by atoms with van der Waals surface area (Å²) in [5, 5.41) is 10.2. The Morgan fingerprint density at radius 3 is 2.83 bits per heavy atom. The van der Waals surface area contributed by atoms with Crippen molar-refractivity contribution in [2.45, 2.75) is 45.8 Å². The molecule has 0 aliphatic carbocycles. The molecule has 2 aromatic rings. The number of amides is 1. The minimum Gasteiger partial charge on any atom is -0.444 e. The molecule has 0 aromatic carbocycles. The van der Waals surface area contributed by atoms with E-state index in [9.17, 15) is 4.79 Å². The van der Waals surface area contributed by atoms with E-state index < -0.39 is 24.7 Å². The Morgan fingerprint density at radius 2 is 2.20 bits per heavy atom. The number of hydrogen-bond donors (Lipinski definition) is 2. The van der Waals surface area contributed by atoms with Crippen molar-refractivity contribution >= 4 is 11.8 Å². The van der Waals surface area contributed by atoms with Crippen LogP contribution in [0.1, 0.15) is 50.0 Å². The zero-order chi connectivity index (χ0) is 24.8. The van der Waals surface area contributed by atoms with Gasteiger partial charge in [0.1, 0.15) is 5.60 Å². The third-order valence-corrected chi connectivity index (χ3v) is 4.29. The van der Waals surface area contributed by atoms with Crippen molar-refractivity contribution in [3.05, 3.63) is 55.5 Å². The molecule has 1 amide bonds. The summed E-state index contributed by atoms with van der Waals surface area (Å²) in [7, 11) is 0. The van der Waals surface area contributed by atoms with Crippen LogP contribution in [0, 0.1) is 5.92 Å². The van der Waals surface area contributed by atoms with E-state index in [1.54, 1.807) is 45.2 Å². The molecule has 0 saturated carbocycles. The molecule has 7 nitrogen and oxygen atoms in total. The number of ether oxygens (including phenoxy) is 1. The fourth-order valence-corrected chi connectivity index (χ4v) is 2.77. The third kappa shape index (κ3) is 6.47. The molecule has 0 radical (unpaired) electrons. The van der Waals surface area contributed by atoms with Crippen molar-refractivity contribution in [1.29, 1.82) is 0 Å². The van der Waals surface area contributed by atoms with E-state index in [1.807, 2.05) is 13.0 Å². The molecule has 0 saturated heterocycles. The molecule has 0 aliphatic heterocycles. The number of aryl methyl sites for hydroxylation is 1. The number of carbonyl (C=O) groups is 1. The largest absolute Gasteiger partial charge is 0.444 e. The summed E-state index contributed by atoms with van der Waals surface area (Å²) >= 11 is 0. The highest BCUT2D eigenvalue weighted by atomic mass is 16.6. The minimum atomic E-state index is -2.47. The molecule has 30 heavy (non-hydrogen) atoms. The van der Waals surface area contributed by atoms with Crippen LogP contribution in [0.5, 0.6) is 0 Å². The van der Waals surface area contributed by atoms with Crippen molar-refractivity contribution in [2.75, 3.05) is 11.9 Å². The fourth-order valence-electron chi connectivity index (χ4n) is 2.77. The highest BCUT2D eigenvalue weighted by Crippen LogP contribution is 2.29. The lowest BCUT2D eigenvalue weighted by atomic mass is 10.1. The molecule has 0 spiro atoms. The van der Waals surface area contributed by atoms with Gasteiger partial charge in [-0.3, -0.25) is 9.67 Å². The average Bonchev–Trinajstić information content (AvgIpc) is 3.15. The van der Waals surface area contributed by atoms with Crippen molar-refractivity contribution in [3.8, 4) is 11.3 Å². The Morgan fingerprint density at radius 1 is 1.43 bits per heavy atom. The van der Waals surface area contributed by atoms with E-state index >= 15 is 0 Å². The van der Waals surface area contributed by atoms with Crippen LogP contribution in [-0.4, -0.2) is 33.0 Å². The first kappa shape index (κ1) is 18.9. The molecule has 7 heteroatoms. The van der Waals surface area contributed by atoms with Crippen LogP contribution in [0.4, 0.5) is 10.5 Å². The maximum atomic E-state index is 12.3. The second-order valence-corrected chi connectivity index (χ2v) is 8.11. The number of nitrogens with zero attached hydrogens (tertiary/aromatic N) is 3. The van der Waals surface area contributed by atoms with Crippen LogP contribution in [0.25, 0.3) is 11.3 Å². The van der Waals surface area contributed by atoms with E-state index in [0.29, 0.717) is 35.6 Å². The zero-order valence-corrected chi connectivity index (χ0v) is 18.1. The van der Waals surface area contributed by atoms with Gasteiger partial charge in [0.25, 0.3) is 0 Å². The Labute approximate surface area is 183 Å². The van der Waals surface area contributed by atoms with Gasteiger partial charge in [0.15, 0.2) is 0 Å². The monoisotopic (exact) mass is 414 g/mol. The van der Waals surface area contributed by atoms with Gasteiger partial charge >= 0.3 is 6.09 Å². The van der Waals surface area contributed by atoms with Crippen LogP contribution in [0.2, 0.25) is 0 Å². The van der Waals surface area contributed by atoms with Gasteiger partial charge in [-0.25, -0.2) is 4.79 Å². The zero-order valence-electron chi connectivity index (χ0n) is 21.1. The molecule has 0 bridgehead atoms. The fraction of sp³-hybridized carbons (Fsp3) is 0.435. The lowest BCUT2D eigenvalue weighted by molar-refractivity contribution is 0.0503. The van der Waals surface area contributed by atoms with Gasteiger partial charge in [-0.05, 0) is 45.2 Å². The molecular weight excluding hydrogens is 378 g/mol. The Hall–Kier alpha value is -3.09. The number of rotatable bonds is 9. The number of hydrogen-bond acceptors (Lipinski definition) is 5. The van der Waals surface area contributed by atoms with Crippen molar-refractivity contribution in [3.63, 3.8) is 0 Å². The summed E-state index contributed by atoms with van der Waals surface area (Å²) in [6.07, 6.45) is 6.40. The van der Waals surface area contributed by atoms with Gasteiger partial charge in [-0.1, -0.05) is 19.1 Å². The lowest BCUT2D eigenvalue weighted by Gasteiger charge is -2.23. The summed E-state index contributed by atoms with van der Waals surface area (Å²) < 4.78 is 30.1. The van der Waals surface area contributed by atoms with Gasteiger partial charge in [-0.15, -0.1) is 13.2 Å². The molecule has 0 unspecified atom stereocenters. The number of anilines is 1. The van der Waals surface area contributed by atoms with Gasteiger partial charge in [-0.2, -0.15) is 5.10 Å². The van der Waals surface area contributed by atoms with Crippen LogP contribution in [0.3, 0.4) is 0 Å². The van der Waals surface area contributed by atoms with Gasteiger partial charge < -0.3 is 15.4 Å². The molecular formula is C23H33N5O2. The van der Waals surface area contributed by atoms with E-state index in [0.717, 1.165) is 4.68 Å². The van der Waals surface area contributed by atoms with E-state index in [-0.39, 0.29) is 5.92 Å². The molecule has 0 aliphatic rings. The highest BCUT2D eigenvalue weighted by Gasteiger charge is 2.21. The van der Waals surface area contributed by atoms with Gasteiger partial charge in [0.2, 0.25) is 0 Å². The molecule has 2 rings (SSSR count). The Kier molecular flexibility index (Phi) is 6.36. The van der Waals surface area contributed by atoms with Crippen molar-refractivity contribution < 1.29 is 13.6 Å². The van der Waals surface area contributed by atoms with Crippen LogP contribution in [-0.2, 0) is 11.7 Å². The van der Waals surface area contributed by atoms with Crippen LogP contribution in [0.15, 0.2) is 49.8 Å². The van der Waals surface area contributed by atoms with Gasteiger partial charge in [0, 0.05) is 29.4 Å². The summed E-state index contributed by atoms with van der Waals surface area (Å²) in [5.41, 5.74) is 1.49. The summed E-state index contributed by atoms with van der Waals surface area (Å²) in [5.74, 6) is 0.178. The van der Waals surface area contributed by atoms with Crippen molar-refractivity contribution in [1.82, 2.24) is 20.1 Å². The number of aromatic nitrogens is 3. The van der Waals surface area contributed by atoms with Gasteiger partial charge in [0.05, 0.1) is 29.3 Å². The minimum absolute atomic E-state index is 0.178. The molecule has 0 fully saturated rings. The number of alkyl carbamates (subject to hydrolysis) is 1. The number of pyridine rings is 1. The smallest absolute Gasteiger partial charge is 0.408 e. The first-order chi connectivity index (χ1) is 15.4. The van der Waals surface area contributed by atoms with E-state index in [4.69, 9.17) is 8.85 Å². The number of carbonyl (C=O) groups excluding carboxylic acids is 1. The highest BCUT2D eigenvalue weighted by molar-refractivity contribution is 5.74. The molecule has 2 atom stereocenters. The molecule has 2 N–H and O–H groups in total. The summed E-state index contributed by atoms with van der Waals surface area (Å²) in [4.78, 5) is 16.8. The maximum absolute atomic E-state index is 12.3. The van der Waals surface area contributed by atoms with Crippen LogP contribution >= 0.6 is 0 Å². The van der Waals surface area contributed by atoms with Crippen molar-refractivity contribution in [2.24, 2.45) is 12.9 Å². The van der Waals surface area contributed by atoms with E-state index in [2.05, 4.69) is 33.9 Å². The predicted octanol–water partition coefficient (Wildman–Crippen LogP) is 4.86. The van der Waals surface area contributed by atoms with E-state index in [1.165, 1.54) is 6.20 Å². The average molecular weight is 415 g/mol. The second kappa shape index (κ2) is 10.1. The molecule has 2 aromatic heterocycles. The first-order valence-corrected chi connectivity index (χ1v) is 9.87. The number of nitrogens with one attached hydrogen (secondary N) is 2. The second-order valence-electron chi connectivity index (χ2n) is 8.11. The maximum Gasteiger partial charge on any atom is 0.408 e. The SMILES string of the molecule is [2H]C([2H])([2H])n1ncc(NC[C@H](C)C=C)c1-c1ccnc([C@H](CC=C)NC(=O)OC(C)(C)C)c1. The molecule has 162 valence electrons. The summed E-state index contributed by atoms with van der Waals surface area (Å²) in [6, 6.07) is 2.95. The topological polar surface area (TPSA) is 81.1 Å². The molecule has 2 heterocycles. The predicted molar refractivity (Wildman–Crippen MR) is 121 cm³/mol.